The van der Waals surface area contributed by atoms with Gasteiger partial charge in [-0.15, -0.1) is 23.2 Å². The second kappa shape index (κ2) is 4.53. The summed E-state index contributed by atoms with van der Waals surface area (Å²) in [6.07, 6.45) is 0. The Morgan fingerprint density at radius 1 is 0.947 bits per heavy atom. The van der Waals surface area contributed by atoms with E-state index < -0.39 is 37.3 Å². The maximum atomic E-state index is 11.3. The Hall–Kier alpha value is 1.55. The summed E-state index contributed by atoms with van der Waals surface area (Å²) >= 11 is 36.4. The lowest BCUT2D eigenvalue weighted by atomic mass is 9.83. The highest BCUT2D eigenvalue weighted by Crippen LogP contribution is 2.76. The Bertz CT molecular complexity index is 470. The largest absolute Gasteiger partial charge is 0.304 e. The second-order valence-corrected chi connectivity index (χ2v) is 8.77. The predicted octanol–water partition coefficient (Wildman–Crippen LogP) is 3.69. The number of alkyl halides is 4. The summed E-state index contributed by atoms with van der Waals surface area (Å²) in [7, 11) is 0. The van der Waals surface area contributed by atoms with E-state index in [0.717, 1.165) is 0 Å². The van der Waals surface area contributed by atoms with Crippen molar-refractivity contribution in [3.05, 3.63) is 10.1 Å². The molecule has 1 saturated heterocycles. The molecular formula is C9H6Cl6O3S. The first-order chi connectivity index (χ1) is 8.69. The molecule has 0 aromatic heterocycles. The van der Waals surface area contributed by atoms with E-state index in [-0.39, 0.29) is 23.3 Å². The quantitative estimate of drug-likeness (QED) is 0.575. The molecule has 1 aliphatic heterocycles. The van der Waals surface area contributed by atoms with Crippen molar-refractivity contribution in [3.63, 3.8) is 0 Å². The molecule has 10 heteroatoms. The van der Waals surface area contributed by atoms with Crippen molar-refractivity contribution in [2.24, 2.45) is 11.8 Å². The third-order valence-electron chi connectivity index (χ3n) is 3.94. The summed E-state index contributed by atoms with van der Waals surface area (Å²) in [5.41, 5.74) is 0. The van der Waals surface area contributed by atoms with Crippen molar-refractivity contribution < 1.29 is 12.6 Å². The number of fused-ring (bicyclic) bond motifs is 5. The van der Waals surface area contributed by atoms with E-state index in [1.165, 1.54) is 0 Å². The molecule has 2 fully saturated rings. The minimum atomic E-state index is -1.86. The lowest BCUT2D eigenvalue weighted by Gasteiger charge is -2.33. The molecular weight excluding hydrogens is 401 g/mol. The van der Waals surface area contributed by atoms with E-state index in [1.807, 2.05) is 0 Å². The summed E-state index contributed by atoms with van der Waals surface area (Å²) in [5, 5.41) is 0.210. The summed E-state index contributed by atoms with van der Waals surface area (Å²) in [6, 6.07) is 0. The third kappa shape index (κ3) is 1.59. The van der Waals surface area contributed by atoms with Crippen LogP contribution >= 0.6 is 69.6 Å². The van der Waals surface area contributed by atoms with E-state index in [1.54, 1.807) is 0 Å². The van der Waals surface area contributed by atoms with Crippen molar-refractivity contribution in [1.29, 1.82) is 0 Å². The van der Waals surface area contributed by atoms with Gasteiger partial charge in [0.05, 0.1) is 23.3 Å². The molecule has 0 spiro atoms. The first kappa shape index (κ1) is 15.4. The van der Waals surface area contributed by atoms with Crippen LogP contribution in [0.5, 0.6) is 0 Å². The van der Waals surface area contributed by atoms with Gasteiger partial charge in [0.2, 0.25) is 0 Å². The maximum Gasteiger partial charge on any atom is 0.304 e. The molecule has 2 aliphatic carbocycles. The Morgan fingerprint density at radius 2 is 1.32 bits per heavy atom. The van der Waals surface area contributed by atoms with Crippen LogP contribution in [0.4, 0.5) is 0 Å². The van der Waals surface area contributed by atoms with Crippen LogP contribution in [0.3, 0.4) is 0 Å². The van der Waals surface area contributed by atoms with Gasteiger partial charge in [-0.05, 0) is 0 Å². The molecule has 3 nitrogen and oxygen atoms in total. The molecule has 0 radical (unpaired) electrons. The predicted molar refractivity (Wildman–Crippen MR) is 77.4 cm³/mol. The molecule has 2 bridgehead atoms. The van der Waals surface area contributed by atoms with Crippen molar-refractivity contribution in [3.8, 4) is 0 Å². The Balaban J connectivity index is 2.19. The normalized spacial score (nSPS) is 52.2. The minimum absolute atomic E-state index is 0.0107. The van der Waals surface area contributed by atoms with Gasteiger partial charge in [0.1, 0.15) is 9.75 Å². The summed E-state index contributed by atoms with van der Waals surface area (Å²) < 4.78 is 19.7. The molecule has 108 valence electrons. The first-order valence-electron chi connectivity index (χ1n) is 5.19. The van der Waals surface area contributed by atoms with Crippen LogP contribution in [-0.2, 0) is 19.7 Å². The van der Waals surface area contributed by atoms with Crippen molar-refractivity contribution in [2.75, 3.05) is 13.2 Å². The van der Waals surface area contributed by atoms with Gasteiger partial charge in [0.15, 0.2) is 4.33 Å². The van der Waals surface area contributed by atoms with Crippen LogP contribution in [0.15, 0.2) is 10.1 Å². The summed E-state index contributed by atoms with van der Waals surface area (Å²) in [6.45, 7) is 0.0215. The fourth-order valence-corrected chi connectivity index (χ4v) is 6.60. The number of rotatable bonds is 0. The van der Waals surface area contributed by atoms with Crippen LogP contribution in [-0.4, -0.2) is 31.5 Å². The van der Waals surface area contributed by atoms with Crippen molar-refractivity contribution >= 4 is 81.0 Å². The molecule has 3 rings (SSSR count). The number of halogens is 6. The highest BCUT2D eigenvalue weighted by atomic mass is 35.5. The van der Waals surface area contributed by atoms with Crippen molar-refractivity contribution in [1.82, 2.24) is 0 Å². The lowest BCUT2D eigenvalue weighted by Crippen LogP contribution is -2.45. The van der Waals surface area contributed by atoms with E-state index in [4.69, 9.17) is 78.0 Å². The van der Waals surface area contributed by atoms with E-state index >= 15 is 0 Å². The smallest absolute Gasteiger partial charge is 0.268 e. The highest BCUT2D eigenvalue weighted by Gasteiger charge is 2.82. The van der Waals surface area contributed by atoms with Crippen LogP contribution in [0.1, 0.15) is 0 Å². The Morgan fingerprint density at radius 3 is 1.68 bits per heavy atom. The molecule has 1 saturated carbocycles. The van der Waals surface area contributed by atoms with Crippen LogP contribution in [0.2, 0.25) is 0 Å². The monoisotopic (exact) mass is 404 g/mol. The molecule has 5 atom stereocenters. The van der Waals surface area contributed by atoms with Crippen LogP contribution in [0.25, 0.3) is 0 Å². The number of hydrogen-bond donors (Lipinski definition) is 0. The zero-order chi connectivity index (χ0) is 14.2. The van der Waals surface area contributed by atoms with Gasteiger partial charge in [0.25, 0.3) is 0 Å². The Kier molecular flexibility index (Phi) is 3.68. The lowest BCUT2D eigenvalue weighted by molar-refractivity contribution is 0.207. The highest BCUT2D eigenvalue weighted by molar-refractivity contribution is 7.75. The molecule has 3 aliphatic rings. The number of allylic oxidation sites excluding steroid dienone is 2. The standard InChI is InChI=1S/C9H6Cl6O3S/c10-5-6(11)8(13)4-2-18-19(16)17-1-3(4)7(5,12)9(8,14)15/h3-4H,1-2H2/t3?,4?,7-,8?,19?/m0/s1. The molecule has 0 aromatic rings. The zero-order valence-electron chi connectivity index (χ0n) is 8.97. The van der Waals surface area contributed by atoms with Gasteiger partial charge in [-0.25, -0.2) is 0 Å². The average molecular weight is 407 g/mol. The minimum Gasteiger partial charge on any atom is -0.268 e. The number of hydrogen-bond acceptors (Lipinski definition) is 3. The topological polar surface area (TPSA) is 35.5 Å². The third-order valence-corrected chi connectivity index (χ3v) is 8.95. The van der Waals surface area contributed by atoms with E-state index in [2.05, 4.69) is 0 Å². The van der Waals surface area contributed by atoms with Gasteiger partial charge < -0.3 is 0 Å². The summed E-state index contributed by atoms with van der Waals surface area (Å²) in [5.74, 6) is -0.911. The fourth-order valence-electron chi connectivity index (χ4n) is 2.96. The Labute approximate surface area is 142 Å². The average Bonchev–Trinajstić information content (AvgIpc) is 2.54. The molecule has 0 N–H and O–H groups in total. The van der Waals surface area contributed by atoms with Gasteiger partial charge in [0, 0.05) is 11.8 Å². The van der Waals surface area contributed by atoms with Gasteiger partial charge in [-0.1, -0.05) is 46.4 Å². The molecule has 0 amide bonds. The van der Waals surface area contributed by atoms with E-state index in [9.17, 15) is 4.21 Å². The maximum absolute atomic E-state index is 11.3. The second-order valence-electron chi connectivity index (χ2n) is 4.61. The molecule has 19 heavy (non-hydrogen) atoms. The zero-order valence-corrected chi connectivity index (χ0v) is 14.3. The first-order valence-corrected chi connectivity index (χ1v) is 8.46. The molecule has 4 unspecified atom stereocenters. The van der Waals surface area contributed by atoms with Crippen LogP contribution < -0.4 is 0 Å². The fraction of sp³-hybridized carbons (Fsp3) is 0.778. The van der Waals surface area contributed by atoms with Gasteiger partial charge >= 0.3 is 11.4 Å². The van der Waals surface area contributed by atoms with Crippen LogP contribution in [0, 0.1) is 11.8 Å². The van der Waals surface area contributed by atoms with Gasteiger partial charge in [-0.2, -0.15) is 4.21 Å². The van der Waals surface area contributed by atoms with Gasteiger partial charge in [-0.3, -0.25) is 8.37 Å². The molecule has 0 aromatic carbocycles. The van der Waals surface area contributed by atoms with Crippen molar-refractivity contribution in [2.45, 2.75) is 14.1 Å². The SMILES string of the molecule is O=S1OCC2C(CO1)[C@]1(Cl)C(Cl)=C(Cl)C2(Cl)C1(Cl)Cl. The summed E-state index contributed by atoms with van der Waals surface area (Å²) in [4.78, 5) is -2.78. The molecule has 1 heterocycles. The van der Waals surface area contributed by atoms with E-state index in [0.29, 0.717) is 0 Å².